The van der Waals surface area contributed by atoms with Gasteiger partial charge in [0, 0.05) is 6.04 Å². The van der Waals surface area contributed by atoms with E-state index in [2.05, 4.69) is 12.2 Å². The Kier molecular flexibility index (Phi) is 7.14. The monoisotopic (exact) mass is 193 g/mol. The molecule has 0 aliphatic rings. The number of hydrogen-bond donors (Lipinski definition) is 1. The van der Waals surface area contributed by atoms with Gasteiger partial charge in [0.2, 0.25) is 0 Å². The molecule has 1 nitrogen and oxygen atoms in total. The normalized spacial score (nSPS) is 16.2. The molecule has 0 radical (unpaired) electrons. The smallest absolute Gasteiger partial charge is 0.253 e. The molecule has 80 valence electrons. The largest absolute Gasteiger partial charge is 0.307 e. The first kappa shape index (κ1) is 12.8. The highest BCUT2D eigenvalue weighted by Gasteiger charge is 2.15. The van der Waals surface area contributed by atoms with E-state index in [1.54, 1.807) is 0 Å². The van der Waals surface area contributed by atoms with Crippen LogP contribution < -0.4 is 5.32 Å². The van der Waals surface area contributed by atoms with Gasteiger partial charge in [0.1, 0.15) is 0 Å². The third-order valence-electron chi connectivity index (χ3n) is 2.17. The van der Waals surface area contributed by atoms with Crippen LogP contribution in [0, 0.1) is 0 Å². The summed E-state index contributed by atoms with van der Waals surface area (Å²) in [6.07, 6.45) is 2.23. The first-order valence-corrected chi connectivity index (χ1v) is 5.12. The predicted octanol–water partition coefficient (Wildman–Crippen LogP) is 3.20. The van der Waals surface area contributed by atoms with Crippen molar-refractivity contribution in [2.45, 2.75) is 65.0 Å². The van der Waals surface area contributed by atoms with Crippen LogP contribution in [0.4, 0.5) is 8.78 Å². The topological polar surface area (TPSA) is 12.0 Å². The Morgan fingerprint density at radius 3 is 2.23 bits per heavy atom. The first-order chi connectivity index (χ1) is 6.07. The van der Waals surface area contributed by atoms with Crippen LogP contribution in [0.3, 0.4) is 0 Å². The molecule has 0 saturated heterocycles. The quantitative estimate of drug-likeness (QED) is 0.612. The van der Waals surface area contributed by atoms with Crippen molar-refractivity contribution in [2.24, 2.45) is 0 Å². The van der Waals surface area contributed by atoms with Crippen molar-refractivity contribution >= 4 is 0 Å². The Labute approximate surface area is 79.9 Å². The minimum atomic E-state index is -2.26. The highest BCUT2D eigenvalue weighted by Crippen LogP contribution is 2.06. The average molecular weight is 193 g/mol. The zero-order valence-corrected chi connectivity index (χ0v) is 8.82. The number of nitrogens with one attached hydrogen (secondary N) is 1. The van der Waals surface area contributed by atoms with Crippen LogP contribution in [0.2, 0.25) is 0 Å². The van der Waals surface area contributed by atoms with E-state index in [0.29, 0.717) is 0 Å². The molecule has 0 spiro atoms. The molecule has 1 N–H and O–H groups in total. The second kappa shape index (κ2) is 7.25. The molecule has 0 fully saturated rings. The third-order valence-corrected chi connectivity index (χ3v) is 2.17. The highest BCUT2D eigenvalue weighted by atomic mass is 19.3. The third kappa shape index (κ3) is 6.94. The summed E-state index contributed by atoms with van der Waals surface area (Å²) in [6.45, 7) is 5.63. The van der Waals surface area contributed by atoms with Crippen molar-refractivity contribution in [2.75, 3.05) is 0 Å². The Hall–Kier alpha value is -0.180. The lowest BCUT2D eigenvalue weighted by Gasteiger charge is -2.19. The van der Waals surface area contributed by atoms with Gasteiger partial charge in [0.25, 0.3) is 6.43 Å². The average Bonchev–Trinajstić information content (AvgIpc) is 2.04. The van der Waals surface area contributed by atoms with Crippen LogP contribution in [0.1, 0.15) is 46.5 Å². The molecule has 0 aliphatic carbocycles. The maximum Gasteiger partial charge on any atom is 0.253 e. The fourth-order valence-corrected chi connectivity index (χ4v) is 1.31. The van der Waals surface area contributed by atoms with Gasteiger partial charge in [-0.15, -0.1) is 0 Å². The van der Waals surface area contributed by atoms with E-state index in [1.807, 2.05) is 6.92 Å². The van der Waals surface area contributed by atoms with Gasteiger partial charge in [-0.1, -0.05) is 26.2 Å². The summed E-state index contributed by atoms with van der Waals surface area (Å²) < 4.78 is 24.2. The SMILES string of the molecule is CCCCCC(C)NC(C)C(F)F. The molecule has 0 aromatic heterocycles. The molecule has 0 bridgehead atoms. The van der Waals surface area contributed by atoms with Crippen LogP contribution in [0.25, 0.3) is 0 Å². The lowest BCUT2D eigenvalue weighted by Crippen LogP contribution is -2.39. The summed E-state index contributed by atoms with van der Waals surface area (Å²) in [6, 6.07) is -0.479. The van der Waals surface area contributed by atoms with Gasteiger partial charge in [-0.3, -0.25) is 0 Å². The Morgan fingerprint density at radius 2 is 1.77 bits per heavy atom. The van der Waals surface area contributed by atoms with Crippen LogP contribution in [0.15, 0.2) is 0 Å². The standard InChI is InChI=1S/C10H21F2N/c1-4-5-6-7-8(2)13-9(3)10(11)12/h8-10,13H,4-7H2,1-3H3. The lowest BCUT2D eigenvalue weighted by molar-refractivity contribution is 0.100. The molecule has 0 rings (SSSR count). The van der Waals surface area contributed by atoms with Gasteiger partial charge in [0.05, 0.1) is 6.04 Å². The van der Waals surface area contributed by atoms with Crippen molar-refractivity contribution in [3.63, 3.8) is 0 Å². The molecule has 3 heteroatoms. The van der Waals surface area contributed by atoms with E-state index in [4.69, 9.17) is 0 Å². The second-order valence-corrected chi connectivity index (χ2v) is 3.69. The van der Waals surface area contributed by atoms with E-state index >= 15 is 0 Å². The zero-order chi connectivity index (χ0) is 10.3. The summed E-state index contributed by atoms with van der Waals surface area (Å²) in [5.74, 6) is 0. The molecule has 0 aromatic rings. The Morgan fingerprint density at radius 1 is 1.15 bits per heavy atom. The Bertz CT molecular complexity index is 117. The summed E-state index contributed by atoms with van der Waals surface area (Å²) in [4.78, 5) is 0. The zero-order valence-electron chi connectivity index (χ0n) is 8.82. The minimum absolute atomic E-state index is 0.204. The van der Waals surface area contributed by atoms with E-state index in [-0.39, 0.29) is 6.04 Å². The van der Waals surface area contributed by atoms with Gasteiger partial charge in [-0.25, -0.2) is 8.78 Å². The van der Waals surface area contributed by atoms with Crippen molar-refractivity contribution in [1.82, 2.24) is 5.32 Å². The van der Waals surface area contributed by atoms with Crippen LogP contribution in [-0.2, 0) is 0 Å². The van der Waals surface area contributed by atoms with Gasteiger partial charge in [-0.05, 0) is 20.3 Å². The van der Waals surface area contributed by atoms with Gasteiger partial charge < -0.3 is 5.32 Å². The molecule has 0 heterocycles. The molecule has 2 atom stereocenters. The van der Waals surface area contributed by atoms with Gasteiger partial charge in [0.15, 0.2) is 0 Å². The summed E-state index contributed by atoms with van der Waals surface area (Å²) in [5.41, 5.74) is 0. The second-order valence-electron chi connectivity index (χ2n) is 3.69. The molecule has 0 amide bonds. The molecule has 13 heavy (non-hydrogen) atoms. The van der Waals surface area contributed by atoms with Crippen molar-refractivity contribution < 1.29 is 8.78 Å². The molecule has 0 aliphatic heterocycles. The van der Waals surface area contributed by atoms with Gasteiger partial charge in [-0.2, -0.15) is 0 Å². The van der Waals surface area contributed by atoms with Crippen molar-refractivity contribution in [3.05, 3.63) is 0 Å². The minimum Gasteiger partial charge on any atom is -0.307 e. The number of alkyl halides is 2. The molecule has 0 saturated carbocycles. The number of unbranched alkanes of at least 4 members (excludes halogenated alkanes) is 2. The van der Waals surface area contributed by atoms with Crippen LogP contribution >= 0.6 is 0 Å². The molecular weight excluding hydrogens is 172 g/mol. The molecular formula is C10H21F2N. The van der Waals surface area contributed by atoms with Crippen molar-refractivity contribution in [1.29, 1.82) is 0 Å². The van der Waals surface area contributed by atoms with Crippen LogP contribution in [-0.4, -0.2) is 18.5 Å². The summed E-state index contributed by atoms with van der Waals surface area (Å²) >= 11 is 0. The summed E-state index contributed by atoms with van der Waals surface area (Å²) in [7, 11) is 0. The van der Waals surface area contributed by atoms with Crippen molar-refractivity contribution in [3.8, 4) is 0 Å². The van der Waals surface area contributed by atoms with E-state index in [0.717, 1.165) is 12.8 Å². The first-order valence-electron chi connectivity index (χ1n) is 5.12. The number of hydrogen-bond acceptors (Lipinski definition) is 1. The predicted molar refractivity (Wildman–Crippen MR) is 52.2 cm³/mol. The van der Waals surface area contributed by atoms with Crippen LogP contribution in [0.5, 0.6) is 0 Å². The molecule has 2 unspecified atom stereocenters. The summed E-state index contributed by atoms with van der Waals surface area (Å²) in [5, 5.41) is 2.89. The maximum absolute atomic E-state index is 12.1. The van der Waals surface area contributed by atoms with Gasteiger partial charge >= 0.3 is 0 Å². The number of halogens is 2. The van der Waals surface area contributed by atoms with E-state index in [9.17, 15) is 8.78 Å². The molecule has 0 aromatic carbocycles. The maximum atomic E-state index is 12.1. The number of rotatable bonds is 7. The Balaban J connectivity index is 3.43. The fourth-order valence-electron chi connectivity index (χ4n) is 1.31. The van der Waals surface area contributed by atoms with E-state index in [1.165, 1.54) is 19.8 Å². The fraction of sp³-hybridized carbons (Fsp3) is 1.00. The van der Waals surface area contributed by atoms with E-state index < -0.39 is 12.5 Å². The highest BCUT2D eigenvalue weighted by molar-refractivity contribution is 4.68. The lowest BCUT2D eigenvalue weighted by atomic mass is 10.1.